The first-order chi connectivity index (χ1) is 8.45. The Morgan fingerprint density at radius 1 is 0.944 bits per heavy atom. The van der Waals surface area contributed by atoms with E-state index in [1.165, 1.54) is 45.3 Å². The fourth-order valence-corrected chi connectivity index (χ4v) is 3.17. The fourth-order valence-electron chi connectivity index (χ4n) is 3.17. The summed E-state index contributed by atoms with van der Waals surface area (Å²) >= 11 is 0. The Morgan fingerprint density at radius 3 is 2.17 bits per heavy atom. The summed E-state index contributed by atoms with van der Waals surface area (Å²) in [7, 11) is 2.21. The molecule has 2 fully saturated rings. The smallest absolute Gasteiger partial charge is 0.0706 e. The molecule has 0 amide bonds. The van der Waals surface area contributed by atoms with Crippen molar-refractivity contribution in [2.24, 2.45) is 0 Å². The van der Waals surface area contributed by atoms with Crippen LogP contribution in [0.1, 0.15) is 46.5 Å². The lowest BCUT2D eigenvalue weighted by atomic mass is 9.99. The summed E-state index contributed by atoms with van der Waals surface area (Å²) < 4.78 is 6.30. The molecule has 1 unspecified atom stereocenters. The van der Waals surface area contributed by atoms with Crippen molar-refractivity contribution in [3.8, 4) is 0 Å². The second-order valence-electron chi connectivity index (χ2n) is 7.02. The fraction of sp³-hybridized carbons (Fsp3) is 1.00. The Kier molecular flexibility index (Phi) is 4.68. The van der Waals surface area contributed by atoms with Gasteiger partial charge in [-0.25, -0.2) is 0 Å². The van der Waals surface area contributed by atoms with Gasteiger partial charge in [-0.1, -0.05) is 0 Å². The molecule has 3 heteroatoms. The van der Waals surface area contributed by atoms with Crippen molar-refractivity contribution < 1.29 is 4.74 Å². The Morgan fingerprint density at radius 2 is 1.61 bits per heavy atom. The van der Waals surface area contributed by atoms with Gasteiger partial charge in [0.2, 0.25) is 0 Å². The van der Waals surface area contributed by atoms with Crippen LogP contribution in [0.25, 0.3) is 0 Å². The van der Waals surface area contributed by atoms with Crippen LogP contribution < -0.4 is 0 Å². The standard InChI is InChI=1S/C15H30N2O/c1-15(2,3)17-10-7-13(8-11-17)18-14-6-5-9-16(4)12-14/h13-14H,5-12H2,1-4H3. The topological polar surface area (TPSA) is 15.7 Å². The van der Waals surface area contributed by atoms with E-state index in [4.69, 9.17) is 4.74 Å². The number of hydrogen-bond donors (Lipinski definition) is 0. The average Bonchev–Trinajstić information content (AvgIpc) is 2.28. The number of rotatable bonds is 2. The second kappa shape index (κ2) is 5.89. The lowest BCUT2D eigenvalue weighted by Crippen LogP contribution is -2.48. The van der Waals surface area contributed by atoms with Gasteiger partial charge >= 0.3 is 0 Å². The number of piperidine rings is 2. The Balaban J connectivity index is 1.73. The SMILES string of the molecule is CN1CCCC(OC2CCN(C(C)(C)C)CC2)C1. The molecular weight excluding hydrogens is 224 g/mol. The second-order valence-corrected chi connectivity index (χ2v) is 7.02. The predicted molar refractivity (Wildman–Crippen MR) is 76.0 cm³/mol. The van der Waals surface area contributed by atoms with E-state index in [0.29, 0.717) is 17.7 Å². The summed E-state index contributed by atoms with van der Waals surface area (Å²) in [6.45, 7) is 11.7. The van der Waals surface area contributed by atoms with Crippen molar-refractivity contribution in [1.29, 1.82) is 0 Å². The maximum absolute atomic E-state index is 6.30. The Labute approximate surface area is 112 Å². The van der Waals surface area contributed by atoms with Gasteiger partial charge in [0.1, 0.15) is 0 Å². The van der Waals surface area contributed by atoms with E-state index in [1.54, 1.807) is 0 Å². The van der Waals surface area contributed by atoms with Crippen LogP contribution in [0.3, 0.4) is 0 Å². The van der Waals surface area contributed by atoms with Crippen LogP contribution in [0.4, 0.5) is 0 Å². The molecule has 106 valence electrons. The van der Waals surface area contributed by atoms with E-state index < -0.39 is 0 Å². The predicted octanol–water partition coefficient (Wildman–Crippen LogP) is 2.36. The molecule has 0 bridgehead atoms. The molecule has 0 spiro atoms. The molecule has 2 aliphatic heterocycles. The van der Waals surface area contributed by atoms with Gasteiger partial charge in [0.05, 0.1) is 12.2 Å². The molecule has 2 rings (SSSR count). The third-order valence-corrected chi connectivity index (χ3v) is 4.36. The molecule has 2 aliphatic rings. The van der Waals surface area contributed by atoms with Gasteiger partial charge in [-0.2, -0.15) is 0 Å². The highest BCUT2D eigenvalue weighted by Gasteiger charge is 2.29. The maximum atomic E-state index is 6.30. The van der Waals surface area contributed by atoms with Crippen LogP contribution in [-0.2, 0) is 4.74 Å². The van der Waals surface area contributed by atoms with Crippen LogP contribution >= 0.6 is 0 Å². The van der Waals surface area contributed by atoms with Gasteiger partial charge < -0.3 is 9.64 Å². The first-order valence-corrected chi connectivity index (χ1v) is 7.54. The van der Waals surface area contributed by atoms with E-state index in [-0.39, 0.29) is 0 Å². The normalized spacial score (nSPS) is 29.7. The van der Waals surface area contributed by atoms with E-state index in [9.17, 15) is 0 Å². The molecule has 0 aromatic heterocycles. The van der Waals surface area contributed by atoms with Gasteiger partial charge in [0.25, 0.3) is 0 Å². The highest BCUT2D eigenvalue weighted by Crippen LogP contribution is 2.24. The van der Waals surface area contributed by atoms with E-state index in [0.717, 1.165) is 6.54 Å². The molecule has 2 saturated heterocycles. The van der Waals surface area contributed by atoms with Gasteiger partial charge in [-0.15, -0.1) is 0 Å². The zero-order chi connectivity index (χ0) is 13.2. The number of ether oxygens (including phenoxy) is 1. The highest BCUT2D eigenvalue weighted by atomic mass is 16.5. The minimum atomic E-state index is 0.316. The zero-order valence-electron chi connectivity index (χ0n) is 12.6. The van der Waals surface area contributed by atoms with E-state index in [2.05, 4.69) is 37.6 Å². The molecule has 3 nitrogen and oxygen atoms in total. The summed E-state index contributed by atoms with van der Waals surface area (Å²) in [6, 6.07) is 0. The van der Waals surface area contributed by atoms with Crippen molar-refractivity contribution >= 4 is 0 Å². The lowest BCUT2D eigenvalue weighted by Gasteiger charge is -2.42. The van der Waals surface area contributed by atoms with Crippen molar-refractivity contribution in [2.75, 3.05) is 33.2 Å². The minimum Gasteiger partial charge on any atom is -0.374 e. The maximum Gasteiger partial charge on any atom is 0.0706 e. The lowest BCUT2D eigenvalue weighted by molar-refractivity contribution is -0.0739. The summed E-state index contributed by atoms with van der Waals surface area (Å²) in [5.41, 5.74) is 0.316. The number of hydrogen-bond acceptors (Lipinski definition) is 3. The van der Waals surface area contributed by atoms with E-state index in [1.807, 2.05) is 0 Å². The third-order valence-electron chi connectivity index (χ3n) is 4.36. The van der Waals surface area contributed by atoms with E-state index >= 15 is 0 Å². The molecule has 1 atom stereocenters. The van der Waals surface area contributed by atoms with Gasteiger partial charge in [-0.05, 0) is 60.0 Å². The zero-order valence-corrected chi connectivity index (χ0v) is 12.6. The molecular formula is C15H30N2O. The summed E-state index contributed by atoms with van der Waals surface area (Å²) in [5, 5.41) is 0. The molecule has 0 saturated carbocycles. The average molecular weight is 254 g/mol. The molecule has 0 aromatic carbocycles. The first kappa shape index (κ1) is 14.3. The van der Waals surface area contributed by atoms with Crippen molar-refractivity contribution in [2.45, 2.75) is 64.2 Å². The quantitative estimate of drug-likeness (QED) is 0.752. The van der Waals surface area contributed by atoms with Gasteiger partial charge in [0.15, 0.2) is 0 Å². The number of likely N-dealkylation sites (tertiary alicyclic amines) is 2. The number of nitrogens with zero attached hydrogens (tertiary/aromatic N) is 2. The minimum absolute atomic E-state index is 0.316. The van der Waals surface area contributed by atoms with Crippen LogP contribution in [0.15, 0.2) is 0 Å². The largest absolute Gasteiger partial charge is 0.374 e. The molecule has 0 radical (unpaired) electrons. The molecule has 0 N–H and O–H groups in total. The number of likely N-dealkylation sites (N-methyl/N-ethyl adjacent to an activating group) is 1. The van der Waals surface area contributed by atoms with Crippen LogP contribution in [0.2, 0.25) is 0 Å². The monoisotopic (exact) mass is 254 g/mol. The highest BCUT2D eigenvalue weighted by molar-refractivity contribution is 4.83. The molecule has 18 heavy (non-hydrogen) atoms. The van der Waals surface area contributed by atoms with Crippen molar-refractivity contribution in [3.63, 3.8) is 0 Å². The van der Waals surface area contributed by atoms with Crippen molar-refractivity contribution in [1.82, 2.24) is 9.80 Å². The summed E-state index contributed by atoms with van der Waals surface area (Å²) in [6.07, 6.45) is 5.94. The van der Waals surface area contributed by atoms with Crippen LogP contribution in [0.5, 0.6) is 0 Å². The van der Waals surface area contributed by atoms with Crippen molar-refractivity contribution in [3.05, 3.63) is 0 Å². The Bertz CT molecular complexity index is 254. The van der Waals surface area contributed by atoms with Crippen LogP contribution in [0, 0.1) is 0 Å². The molecule has 0 aliphatic carbocycles. The third kappa shape index (κ3) is 3.94. The van der Waals surface area contributed by atoms with Gasteiger partial charge in [0, 0.05) is 25.2 Å². The first-order valence-electron chi connectivity index (χ1n) is 7.54. The molecule has 0 aromatic rings. The molecule has 2 heterocycles. The van der Waals surface area contributed by atoms with Gasteiger partial charge in [-0.3, -0.25) is 4.90 Å². The van der Waals surface area contributed by atoms with Crippen LogP contribution in [-0.4, -0.2) is 60.8 Å². The Hall–Kier alpha value is -0.120. The summed E-state index contributed by atoms with van der Waals surface area (Å²) in [5.74, 6) is 0. The summed E-state index contributed by atoms with van der Waals surface area (Å²) in [4.78, 5) is 4.98.